The Hall–Kier alpha value is -2.15. The van der Waals surface area contributed by atoms with Crippen LogP contribution in [0.5, 0.6) is 0 Å². The predicted octanol–water partition coefficient (Wildman–Crippen LogP) is 1.06. The molecule has 7 heteroatoms. The topological polar surface area (TPSA) is 85.8 Å². The monoisotopic (exact) mass is 334 g/mol. The quantitative estimate of drug-likeness (QED) is 0.809. The molecule has 0 spiro atoms. The standard InChI is InChI=1S/C17H26N4O3/c1-4-12(2)15(17(23)24)19-16(22)13-5-6-18-14(11-13)21-9-7-20(3)8-10-21/h5-6,11-12,15H,4,7-10H2,1-3H3,(H,19,22)(H,23,24)/t12-,15-/m0/s1. The second-order valence-corrected chi connectivity index (χ2v) is 6.37. The highest BCUT2D eigenvalue weighted by atomic mass is 16.4. The minimum atomic E-state index is -1.01. The normalized spacial score (nSPS) is 18.0. The van der Waals surface area contributed by atoms with Gasteiger partial charge in [0.25, 0.3) is 5.91 Å². The van der Waals surface area contributed by atoms with E-state index in [1.54, 1.807) is 18.3 Å². The van der Waals surface area contributed by atoms with Crippen LogP contribution in [-0.4, -0.2) is 66.1 Å². The number of hydrogen-bond acceptors (Lipinski definition) is 5. The zero-order chi connectivity index (χ0) is 17.7. The van der Waals surface area contributed by atoms with E-state index in [1.165, 1.54) is 0 Å². The van der Waals surface area contributed by atoms with Gasteiger partial charge in [-0.1, -0.05) is 20.3 Å². The molecule has 1 aromatic rings. The molecule has 132 valence electrons. The number of aromatic nitrogens is 1. The molecule has 1 aromatic heterocycles. The molecule has 1 saturated heterocycles. The molecule has 0 aliphatic carbocycles. The number of aliphatic carboxylic acids is 1. The molecule has 1 aliphatic rings. The Kier molecular flexibility index (Phi) is 6.14. The van der Waals surface area contributed by atoms with Gasteiger partial charge in [0, 0.05) is 37.9 Å². The molecular weight excluding hydrogens is 308 g/mol. The zero-order valence-electron chi connectivity index (χ0n) is 14.5. The van der Waals surface area contributed by atoms with Crippen molar-refractivity contribution in [1.29, 1.82) is 0 Å². The van der Waals surface area contributed by atoms with E-state index in [0.717, 1.165) is 32.0 Å². The number of carbonyl (C=O) groups excluding carboxylic acids is 1. The van der Waals surface area contributed by atoms with Crippen LogP contribution in [-0.2, 0) is 4.79 Å². The summed E-state index contributed by atoms with van der Waals surface area (Å²) < 4.78 is 0. The number of carboxylic acids is 1. The van der Waals surface area contributed by atoms with Crippen molar-refractivity contribution in [2.24, 2.45) is 5.92 Å². The fraction of sp³-hybridized carbons (Fsp3) is 0.588. The highest BCUT2D eigenvalue weighted by Gasteiger charge is 2.26. The molecule has 7 nitrogen and oxygen atoms in total. The summed E-state index contributed by atoms with van der Waals surface area (Å²) in [5.74, 6) is -0.761. The molecule has 2 rings (SSSR count). The molecule has 0 saturated carbocycles. The van der Waals surface area contributed by atoms with Crippen molar-refractivity contribution in [3.63, 3.8) is 0 Å². The smallest absolute Gasteiger partial charge is 0.326 e. The van der Waals surface area contributed by atoms with Gasteiger partial charge in [-0.25, -0.2) is 9.78 Å². The third kappa shape index (κ3) is 4.44. The summed E-state index contributed by atoms with van der Waals surface area (Å²) in [6.07, 6.45) is 2.28. The zero-order valence-corrected chi connectivity index (χ0v) is 14.5. The van der Waals surface area contributed by atoms with Crippen molar-refractivity contribution in [2.45, 2.75) is 26.3 Å². The Bertz CT molecular complexity index is 585. The molecule has 2 N–H and O–H groups in total. The van der Waals surface area contributed by atoms with Crippen LogP contribution < -0.4 is 10.2 Å². The Morgan fingerprint density at radius 1 is 1.33 bits per heavy atom. The van der Waals surface area contributed by atoms with Crippen molar-refractivity contribution >= 4 is 17.7 Å². The van der Waals surface area contributed by atoms with Gasteiger partial charge in [0.1, 0.15) is 11.9 Å². The molecule has 0 radical (unpaired) electrons. The summed E-state index contributed by atoms with van der Waals surface area (Å²) in [6, 6.07) is 2.46. The van der Waals surface area contributed by atoms with Gasteiger partial charge < -0.3 is 20.2 Å². The maximum Gasteiger partial charge on any atom is 0.326 e. The van der Waals surface area contributed by atoms with E-state index in [-0.39, 0.29) is 11.8 Å². The van der Waals surface area contributed by atoms with Gasteiger partial charge in [-0.3, -0.25) is 4.79 Å². The third-order valence-electron chi connectivity index (χ3n) is 4.60. The van der Waals surface area contributed by atoms with E-state index >= 15 is 0 Å². The van der Waals surface area contributed by atoms with Crippen LogP contribution in [0.1, 0.15) is 30.6 Å². The van der Waals surface area contributed by atoms with Gasteiger partial charge in [-0.15, -0.1) is 0 Å². The Morgan fingerprint density at radius 3 is 2.58 bits per heavy atom. The average molecular weight is 334 g/mol. The molecule has 0 aromatic carbocycles. The van der Waals surface area contributed by atoms with Crippen LogP contribution in [0.15, 0.2) is 18.3 Å². The van der Waals surface area contributed by atoms with Gasteiger partial charge >= 0.3 is 5.97 Å². The predicted molar refractivity (Wildman–Crippen MR) is 92.3 cm³/mol. The Labute approximate surface area is 142 Å². The molecule has 2 atom stereocenters. The van der Waals surface area contributed by atoms with E-state index < -0.39 is 12.0 Å². The Morgan fingerprint density at radius 2 is 2.00 bits per heavy atom. The summed E-state index contributed by atoms with van der Waals surface area (Å²) >= 11 is 0. The largest absolute Gasteiger partial charge is 0.480 e. The molecule has 1 aliphatic heterocycles. The number of carboxylic acid groups (broad SMARTS) is 1. The highest BCUT2D eigenvalue weighted by molar-refractivity contribution is 5.97. The van der Waals surface area contributed by atoms with Crippen molar-refractivity contribution in [2.75, 3.05) is 38.1 Å². The van der Waals surface area contributed by atoms with Crippen LogP contribution in [0.2, 0.25) is 0 Å². The fourth-order valence-electron chi connectivity index (χ4n) is 2.68. The minimum Gasteiger partial charge on any atom is -0.480 e. The van der Waals surface area contributed by atoms with E-state index in [2.05, 4.69) is 27.1 Å². The van der Waals surface area contributed by atoms with Crippen molar-refractivity contribution in [3.05, 3.63) is 23.9 Å². The first kappa shape index (κ1) is 18.2. The van der Waals surface area contributed by atoms with Gasteiger partial charge in [0.15, 0.2) is 0 Å². The molecular formula is C17H26N4O3. The van der Waals surface area contributed by atoms with E-state index in [9.17, 15) is 14.7 Å². The number of nitrogens with one attached hydrogen (secondary N) is 1. The van der Waals surface area contributed by atoms with Crippen molar-refractivity contribution in [3.8, 4) is 0 Å². The number of amides is 1. The van der Waals surface area contributed by atoms with Gasteiger partial charge in [-0.05, 0) is 25.1 Å². The number of hydrogen-bond donors (Lipinski definition) is 2. The molecule has 2 heterocycles. The minimum absolute atomic E-state index is 0.134. The average Bonchev–Trinajstić information content (AvgIpc) is 2.59. The summed E-state index contributed by atoms with van der Waals surface area (Å²) in [5.41, 5.74) is 0.438. The maximum atomic E-state index is 12.4. The fourth-order valence-corrected chi connectivity index (χ4v) is 2.68. The number of piperazine rings is 1. The number of anilines is 1. The summed E-state index contributed by atoms with van der Waals surface area (Å²) in [6.45, 7) is 7.35. The Balaban J connectivity index is 2.09. The first-order valence-electron chi connectivity index (χ1n) is 8.35. The summed E-state index contributed by atoms with van der Waals surface area (Å²) in [7, 11) is 2.08. The number of likely N-dealkylation sites (N-methyl/N-ethyl adjacent to an activating group) is 1. The number of carbonyl (C=O) groups is 2. The lowest BCUT2D eigenvalue weighted by Gasteiger charge is -2.33. The molecule has 1 amide bonds. The summed E-state index contributed by atoms with van der Waals surface area (Å²) in [5, 5.41) is 11.9. The van der Waals surface area contributed by atoms with Gasteiger partial charge in [-0.2, -0.15) is 0 Å². The first-order chi connectivity index (χ1) is 11.4. The second kappa shape index (κ2) is 8.10. The van der Waals surface area contributed by atoms with Crippen LogP contribution in [0.4, 0.5) is 5.82 Å². The lowest BCUT2D eigenvalue weighted by atomic mass is 9.99. The maximum absolute atomic E-state index is 12.4. The van der Waals surface area contributed by atoms with Gasteiger partial charge in [0.05, 0.1) is 0 Å². The van der Waals surface area contributed by atoms with Crippen molar-refractivity contribution < 1.29 is 14.7 Å². The molecule has 1 fully saturated rings. The lowest BCUT2D eigenvalue weighted by Crippen LogP contribution is -2.45. The molecule has 0 unspecified atom stereocenters. The van der Waals surface area contributed by atoms with Crippen LogP contribution in [0.25, 0.3) is 0 Å². The third-order valence-corrected chi connectivity index (χ3v) is 4.60. The lowest BCUT2D eigenvalue weighted by molar-refractivity contribution is -0.140. The summed E-state index contributed by atoms with van der Waals surface area (Å²) in [4.78, 5) is 32.5. The van der Waals surface area contributed by atoms with Crippen LogP contribution in [0, 0.1) is 5.92 Å². The van der Waals surface area contributed by atoms with E-state index in [0.29, 0.717) is 12.0 Å². The molecule has 24 heavy (non-hydrogen) atoms. The molecule has 0 bridgehead atoms. The van der Waals surface area contributed by atoms with Crippen LogP contribution in [0.3, 0.4) is 0 Å². The van der Waals surface area contributed by atoms with Crippen molar-refractivity contribution in [1.82, 2.24) is 15.2 Å². The number of pyridine rings is 1. The van der Waals surface area contributed by atoms with E-state index in [1.807, 2.05) is 13.8 Å². The first-order valence-corrected chi connectivity index (χ1v) is 8.35. The SMILES string of the molecule is CC[C@H](C)[C@H](NC(=O)c1ccnc(N2CCN(C)CC2)c1)C(=O)O. The van der Waals surface area contributed by atoms with Gasteiger partial charge in [0.2, 0.25) is 0 Å². The second-order valence-electron chi connectivity index (χ2n) is 6.37. The highest BCUT2D eigenvalue weighted by Crippen LogP contribution is 2.16. The number of nitrogens with zero attached hydrogens (tertiary/aromatic N) is 3. The van der Waals surface area contributed by atoms with E-state index in [4.69, 9.17) is 0 Å². The van der Waals surface area contributed by atoms with Crippen LogP contribution >= 0.6 is 0 Å². The number of rotatable bonds is 6.